The van der Waals surface area contributed by atoms with Crippen molar-refractivity contribution in [3.63, 3.8) is 0 Å². The van der Waals surface area contributed by atoms with Crippen LogP contribution in [-0.4, -0.2) is 26.9 Å². The molecule has 1 atom stereocenters. The minimum atomic E-state index is 0.0145. The summed E-state index contributed by atoms with van der Waals surface area (Å²) in [4.78, 5) is 4.40. The number of nitrogens with two attached hydrogens (primary N) is 1. The molecule has 0 saturated carbocycles. The Kier molecular flexibility index (Phi) is 2.64. The average molecular weight is 246 g/mol. The maximum Gasteiger partial charge on any atom is 0.181 e. The van der Waals surface area contributed by atoms with Crippen molar-refractivity contribution in [3.05, 3.63) is 24.0 Å². The van der Waals surface area contributed by atoms with Gasteiger partial charge in [-0.1, -0.05) is 0 Å². The molecule has 0 amide bonds. The number of nitrogens with one attached hydrogen (secondary N) is 1. The van der Waals surface area contributed by atoms with Crippen LogP contribution in [0.15, 0.2) is 18.2 Å². The first kappa shape index (κ1) is 11.0. The lowest BCUT2D eigenvalue weighted by atomic mass is 10.2. The highest BCUT2D eigenvalue weighted by molar-refractivity contribution is 5.65. The van der Waals surface area contributed by atoms with Crippen LogP contribution in [0.25, 0.3) is 11.4 Å². The summed E-state index contributed by atoms with van der Waals surface area (Å²) in [5.74, 6) is 1.37. The second kappa shape index (κ2) is 4.30. The van der Waals surface area contributed by atoms with Crippen molar-refractivity contribution in [2.45, 2.75) is 18.9 Å². The van der Waals surface area contributed by atoms with Crippen LogP contribution in [0.4, 0.5) is 5.69 Å². The van der Waals surface area contributed by atoms with Crippen molar-refractivity contribution in [2.24, 2.45) is 0 Å². The molecule has 1 aliphatic rings. The molecule has 1 fully saturated rings. The summed E-state index contributed by atoms with van der Waals surface area (Å²) in [6, 6.07) is 4.92. The van der Waals surface area contributed by atoms with Crippen molar-refractivity contribution in [1.29, 1.82) is 0 Å². The Labute approximate surface area is 104 Å². The molecule has 1 aliphatic heterocycles. The van der Waals surface area contributed by atoms with E-state index in [1.165, 1.54) is 6.07 Å². The van der Waals surface area contributed by atoms with Gasteiger partial charge in [-0.25, -0.2) is 4.98 Å². The number of hydrogen-bond acceptors (Lipinski definition) is 5. The van der Waals surface area contributed by atoms with Crippen LogP contribution in [0.3, 0.4) is 0 Å². The molecule has 4 N–H and O–H groups in total. The van der Waals surface area contributed by atoms with Crippen LogP contribution in [0.1, 0.15) is 24.8 Å². The van der Waals surface area contributed by atoms with E-state index in [-0.39, 0.29) is 11.9 Å². The van der Waals surface area contributed by atoms with E-state index in [4.69, 9.17) is 10.5 Å². The van der Waals surface area contributed by atoms with E-state index in [1.807, 2.05) is 0 Å². The quantitative estimate of drug-likeness (QED) is 0.552. The van der Waals surface area contributed by atoms with Crippen molar-refractivity contribution in [2.75, 3.05) is 12.3 Å². The lowest BCUT2D eigenvalue weighted by Crippen LogP contribution is -1.98. The highest BCUT2D eigenvalue weighted by Crippen LogP contribution is 2.29. The number of phenols is 1. The van der Waals surface area contributed by atoms with Gasteiger partial charge in [0.2, 0.25) is 0 Å². The fraction of sp³-hybridized carbons (Fsp3) is 0.333. The number of nitrogens with zero attached hydrogens (tertiary/aromatic N) is 2. The third kappa shape index (κ3) is 1.91. The number of aromatic nitrogens is 3. The van der Waals surface area contributed by atoms with Gasteiger partial charge in [-0.2, -0.15) is 5.10 Å². The second-order valence-corrected chi connectivity index (χ2v) is 4.32. The SMILES string of the molecule is Nc1cc(-c2n[nH]c(C3CCCO3)n2)ccc1O. The van der Waals surface area contributed by atoms with Crippen LogP contribution in [0.5, 0.6) is 5.75 Å². The van der Waals surface area contributed by atoms with Gasteiger partial charge in [0.25, 0.3) is 0 Å². The monoisotopic (exact) mass is 246 g/mol. The van der Waals surface area contributed by atoms with Crippen LogP contribution < -0.4 is 5.73 Å². The van der Waals surface area contributed by atoms with E-state index in [2.05, 4.69) is 15.2 Å². The molecular formula is C12H14N4O2. The summed E-state index contributed by atoms with van der Waals surface area (Å²) >= 11 is 0. The molecule has 1 unspecified atom stereocenters. The van der Waals surface area contributed by atoms with Crippen molar-refractivity contribution >= 4 is 5.69 Å². The molecule has 2 aromatic rings. The fourth-order valence-corrected chi connectivity index (χ4v) is 2.03. The molecular weight excluding hydrogens is 232 g/mol. The van der Waals surface area contributed by atoms with Gasteiger partial charge in [0.1, 0.15) is 11.9 Å². The zero-order valence-electron chi connectivity index (χ0n) is 9.76. The van der Waals surface area contributed by atoms with Gasteiger partial charge in [0.05, 0.1) is 5.69 Å². The predicted octanol–water partition coefficient (Wildman–Crippen LogP) is 1.61. The normalized spacial score (nSPS) is 19.2. The molecule has 0 radical (unpaired) electrons. The number of ether oxygens (including phenoxy) is 1. The number of aromatic amines is 1. The van der Waals surface area contributed by atoms with E-state index < -0.39 is 0 Å². The highest BCUT2D eigenvalue weighted by atomic mass is 16.5. The van der Waals surface area contributed by atoms with Gasteiger partial charge >= 0.3 is 0 Å². The number of benzene rings is 1. The van der Waals surface area contributed by atoms with E-state index in [0.717, 1.165) is 30.8 Å². The summed E-state index contributed by atoms with van der Waals surface area (Å²) < 4.78 is 5.53. The Balaban J connectivity index is 1.89. The van der Waals surface area contributed by atoms with Gasteiger partial charge in [-0.3, -0.25) is 5.10 Å². The summed E-state index contributed by atoms with van der Waals surface area (Å²) in [5.41, 5.74) is 6.73. The number of phenolic OH excluding ortho intramolecular Hbond substituents is 1. The average Bonchev–Trinajstić information content (AvgIpc) is 3.01. The zero-order chi connectivity index (χ0) is 12.5. The molecule has 0 aliphatic carbocycles. The minimum absolute atomic E-state index is 0.0145. The third-order valence-corrected chi connectivity index (χ3v) is 3.02. The van der Waals surface area contributed by atoms with E-state index in [1.54, 1.807) is 12.1 Å². The van der Waals surface area contributed by atoms with Crippen LogP contribution >= 0.6 is 0 Å². The van der Waals surface area contributed by atoms with Crippen molar-refractivity contribution in [3.8, 4) is 17.1 Å². The van der Waals surface area contributed by atoms with Gasteiger partial charge in [0.15, 0.2) is 11.6 Å². The molecule has 18 heavy (non-hydrogen) atoms. The summed E-state index contributed by atoms with van der Waals surface area (Å²) in [6.07, 6.45) is 2.03. The molecule has 3 rings (SSSR count). The smallest absolute Gasteiger partial charge is 0.181 e. The van der Waals surface area contributed by atoms with Crippen molar-refractivity contribution in [1.82, 2.24) is 15.2 Å². The number of nitrogen functional groups attached to an aromatic ring is 1. The van der Waals surface area contributed by atoms with E-state index in [9.17, 15) is 5.11 Å². The van der Waals surface area contributed by atoms with Crippen LogP contribution in [-0.2, 0) is 4.74 Å². The van der Waals surface area contributed by atoms with Gasteiger partial charge < -0.3 is 15.6 Å². The van der Waals surface area contributed by atoms with Gasteiger partial charge in [0, 0.05) is 12.2 Å². The Morgan fingerprint density at radius 2 is 2.33 bits per heavy atom. The molecule has 6 nitrogen and oxygen atoms in total. The van der Waals surface area contributed by atoms with Crippen LogP contribution in [0, 0.1) is 0 Å². The Morgan fingerprint density at radius 3 is 3.06 bits per heavy atom. The lowest BCUT2D eigenvalue weighted by Gasteiger charge is -2.03. The first-order chi connectivity index (χ1) is 8.74. The molecule has 1 aromatic heterocycles. The number of hydrogen-bond donors (Lipinski definition) is 3. The summed E-state index contributed by atoms with van der Waals surface area (Å²) in [7, 11) is 0. The topological polar surface area (TPSA) is 97.0 Å². The number of rotatable bonds is 2. The lowest BCUT2D eigenvalue weighted by molar-refractivity contribution is 0.105. The standard InChI is InChI=1S/C12H14N4O2/c13-8-6-7(3-4-9(8)17)11-14-12(16-15-11)10-2-1-5-18-10/h3-4,6,10,17H,1-2,5,13H2,(H,14,15,16). The molecule has 0 bridgehead atoms. The fourth-order valence-electron chi connectivity index (χ4n) is 2.03. The second-order valence-electron chi connectivity index (χ2n) is 4.32. The van der Waals surface area contributed by atoms with E-state index >= 15 is 0 Å². The molecule has 1 saturated heterocycles. The number of aromatic hydroxyl groups is 1. The summed E-state index contributed by atoms with van der Waals surface area (Å²) in [6.45, 7) is 0.771. The van der Waals surface area contributed by atoms with Crippen molar-refractivity contribution < 1.29 is 9.84 Å². The van der Waals surface area contributed by atoms with Gasteiger partial charge in [-0.05, 0) is 31.0 Å². The Hall–Kier alpha value is -2.08. The largest absolute Gasteiger partial charge is 0.506 e. The predicted molar refractivity (Wildman–Crippen MR) is 65.8 cm³/mol. The zero-order valence-corrected chi connectivity index (χ0v) is 9.76. The molecule has 1 aromatic carbocycles. The minimum Gasteiger partial charge on any atom is -0.506 e. The molecule has 2 heterocycles. The first-order valence-electron chi connectivity index (χ1n) is 5.87. The maximum atomic E-state index is 9.37. The summed E-state index contributed by atoms with van der Waals surface area (Å²) in [5, 5.41) is 16.4. The molecule has 0 spiro atoms. The Bertz CT molecular complexity index is 561. The number of anilines is 1. The maximum absolute atomic E-state index is 9.37. The third-order valence-electron chi connectivity index (χ3n) is 3.02. The van der Waals surface area contributed by atoms with E-state index in [0.29, 0.717) is 11.5 Å². The van der Waals surface area contributed by atoms with Crippen LogP contribution in [0.2, 0.25) is 0 Å². The van der Waals surface area contributed by atoms with Gasteiger partial charge in [-0.15, -0.1) is 0 Å². The number of H-pyrrole nitrogens is 1. The Morgan fingerprint density at radius 1 is 1.44 bits per heavy atom. The molecule has 6 heteroatoms. The first-order valence-corrected chi connectivity index (χ1v) is 5.87. The highest BCUT2D eigenvalue weighted by Gasteiger charge is 2.21. The molecule has 94 valence electrons.